The zero-order valence-corrected chi connectivity index (χ0v) is 18.4. The minimum absolute atomic E-state index is 0.0876. The molecule has 0 bridgehead atoms. The van der Waals surface area contributed by atoms with Crippen molar-refractivity contribution < 1.29 is 13.2 Å². The Labute approximate surface area is 174 Å². The second-order valence-corrected chi connectivity index (χ2v) is 10.2. The van der Waals surface area contributed by atoms with Gasteiger partial charge in [0.25, 0.3) is 0 Å². The van der Waals surface area contributed by atoms with Crippen molar-refractivity contribution in [2.45, 2.75) is 55.9 Å². The average Bonchev–Trinajstić information content (AvgIpc) is 2.96. The van der Waals surface area contributed by atoms with Gasteiger partial charge in [-0.15, -0.1) is 10.2 Å². The molecule has 0 spiro atoms. The monoisotopic (exact) mass is 468 g/mol. The van der Waals surface area contributed by atoms with Crippen molar-refractivity contribution in [1.29, 1.82) is 0 Å². The molecule has 2 aliphatic rings. The molecule has 0 amide bonds. The third-order valence-electron chi connectivity index (χ3n) is 5.65. The Balaban J connectivity index is 1.58. The van der Waals surface area contributed by atoms with E-state index in [9.17, 15) is 8.42 Å². The van der Waals surface area contributed by atoms with Crippen molar-refractivity contribution in [3.8, 4) is 5.75 Å². The summed E-state index contributed by atoms with van der Waals surface area (Å²) in [6.45, 7) is 1.92. The van der Waals surface area contributed by atoms with Crippen molar-refractivity contribution in [1.82, 2.24) is 19.1 Å². The van der Waals surface area contributed by atoms with Crippen LogP contribution in [-0.4, -0.2) is 47.7 Å². The third kappa shape index (κ3) is 3.71. The average molecular weight is 469 g/mol. The number of ether oxygens (including phenoxy) is 1. The molecule has 0 radical (unpaired) electrons. The third-order valence-corrected chi connectivity index (χ3v) is 8.13. The molecule has 1 saturated heterocycles. The number of aromatic nitrogens is 3. The number of methoxy groups -OCH3 is 1. The maximum absolute atomic E-state index is 13.2. The van der Waals surface area contributed by atoms with Crippen LogP contribution < -0.4 is 4.74 Å². The topological polar surface area (TPSA) is 77.3 Å². The molecule has 0 aliphatic carbocycles. The highest BCUT2D eigenvalue weighted by Gasteiger charge is 2.34. The van der Waals surface area contributed by atoms with Crippen LogP contribution in [0.15, 0.2) is 27.6 Å². The SMILES string of the molecule is COc1ccc(S(=O)(=O)N2CCCC(c3nnc4n3CCCCC4)C2)cc1Br. The zero-order valence-electron chi connectivity index (χ0n) is 16.0. The Kier molecular flexibility index (Phi) is 5.76. The lowest BCUT2D eigenvalue weighted by Crippen LogP contribution is -2.39. The van der Waals surface area contributed by atoms with Crippen LogP contribution in [0.3, 0.4) is 0 Å². The maximum Gasteiger partial charge on any atom is 0.243 e. The van der Waals surface area contributed by atoms with Gasteiger partial charge in [-0.3, -0.25) is 0 Å². The Morgan fingerprint density at radius 3 is 2.79 bits per heavy atom. The van der Waals surface area contributed by atoms with Gasteiger partial charge in [0.2, 0.25) is 10.0 Å². The molecule has 1 atom stereocenters. The molecule has 0 saturated carbocycles. The Bertz CT molecular complexity index is 960. The van der Waals surface area contributed by atoms with Gasteiger partial charge in [0.05, 0.1) is 16.5 Å². The number of hydrogen-bond donors (Lipinski definition) is 0. The Hall–Kier alpha value is -1.45. The Morgan fingerprint density at radius 1 is 1.14 bits per heavy atom. The highest BCUT2D eigenvalue weighted by Crippen LogP contribution is 2.33. The number of nitrogens with zero attached hydrogens (tertiary/aromatic N) is 4. The number of benzene rings is 1. The molecule has 2 aromatic rings. The van der Waals surface area contributed by atoms with Crippen LogP contribution in [0.1, 0.15) is 49.7 Å². The number of hydrogen-bond acceptors (Lipinski definition) is 5. The van der Waals surface area contributed by atoms with Gasteiger partial charge in [-0.05, 0) is 59.8 Å². The predicted molar refractivity (Wildman–Crippen MR) is 109 cm³/mol. The summed E-state index contributed by atoms with van der Waals surface area (Å²) in [6, 6.07) is 4.89. The van der Waals surface area contributed by atoms with Crippen LogP contribution in [0.4, 0.5) is 0 Å². The van der Waals surface area contributed by atoms with Gasteiger partial charge in [-0.25, -0.2) is 8.42 Å². The summed E-state index contributed by atoms with van der Waals surface area (Å²) in [5.74, 6) is 2.70. The lowest BCUT2D eigenvalue weighted by Gasteiger charge is -2.31. The van der Waals surface area contributed by atoms with Crippen molar-refractivity contribution in [3.63, 3.8) is 0 Å². The van der Waals surface area contributed by atoms with E-state index in [2.05, 4.69) is 30.7 Å². The van der Waals surface area contributed by atoms with E-state index >= 15 is 0 Å². The van der Waals surface area contributed by atoms with Crippen LogP contribution >= 0.6 is 15.9 Å². The van der Waals surface area contributed by atoms with E-state index in [0.29, 0.717) is 23.3 Å². The van der Waals surface area contributed by atoms with E-state index in [1.54, 1.807) is 29.6 Å². The molecular weight excluding hydrogens is 444 g/mol. The molecule has 7 nitrogen and oxygen atoms in total. The smallest absolute Gasteiger partial charge is 0.243 e. The van der Waals surface area contributed by atoms with Gasteiger partial charge in [0.1, 0.15) is 17.4 Å². The molecule has 4 rings (SSSR count). The summed E-state index contributed by atoms with van der Waals surface area (Å²) in [5.41, 5.74) is 0. The molecule has 152 valence electrons. The molecule has 1 unspecified atom stereocenters. The lowest BCUT2D eigenvalue weighted by molar-refractivity contribution is 0.304. The van der Waals surface area contributed by atoms with Crippen molar-refractivity contribution in [2.24, 2.45) is 0 Å². The van der Waals surface area contributed by atoms with Gasteiger partial charge in [-0.1, -0.05) is 6.42 Å². The molecule has 2 aliphatic heterocycles. The first-order valence-electron chi connectivity index (χ1n) is 9.76. The molecule has 9 heteroatoms. The summed E-state index contributed by atoms with van der Waals surface area (Å²) in [5, 5.41) is 8.85. The van der Waals surface area contributed by atoms with Crippen molar-refractivity contribution in [3.05, 3.63) is 34.3 Å². The fourth-order valence-corrected chi connectivity index (χ4v) is 6.38. The van der Waals surface area contributed by atoms with Gasteiger partial charge >= 0.3 is 0 Å². The minimum atomic E-state index is -3.57. The summed E-state index contributed by atoms with van der Waals surface area (Å²) < 4.78 is 36.1. The summed E-state index contributed by atoms with van der Waals surface area (Å²) in [7, 11) is -2.01. The largest absolute Gasteiger partial charge is 0.496 e. The van der Waals surface area contributed by atoms with E-state index in [0.717, 1.165) is 50.3 Å². The molecule has 0 N–H and O–H groups in total. The first-order valence-corrected chi connectivity index (χ1v) is 12.0. The molecular formula is C19H25BrN4O3S. The van der Waals surface area contributed by atoms with Gasteiger partial charge in [0.15, 0.2) is 0 Å². The fourth-order valence-electron chi connectivity index (χ4n) is 4.14. The Morgan fingerprint density at radius 2 is 2.00 bits per heavy atom. The summed E-state index contributed by atoms with van der Waals surface area (Å²) in [6.07, 6.45) is 6.21. The lowest BCUT2D eigenvalue weighted by atomic mass is 9.99. The number of halogens is 1. The zero-order chi connectivity index (χ0) is 19.7. The molecule has 1 aromatic carbocycles. The number of sulfonamides is 1. The molecule has 1 fully saturated rings. The number of rotatable bonds is 4. The second-order valence-electron chi connectivity index (χ2n) is 7.44. The van der Waals surface area contributed by atoms with E-state index in [-0.39, 0.29) is 10.8 Å². The van der Waals surface area contributed by atoms with E-state index in [1.807, 2.05) is 0 Å². The van der Waals surface area contributed by atoms with Gasteiger partial charge in [-0.2, -0.15) is 4.31 Å². The van der Waals surface area contributed by atoms with Crippen LogP contribution in [0.5, 0.6) is 5.75 Å². The quantitative estimate of drug-likeness (QED) is 0.687. The van der Waals surface area contributed by atoms with E-state index < -0.39 is 10.0 Å². The van der Waals surface area contributed by atoms with Crippen molar-refractivity contribution >= 4 is 26.0 Å². The predicted octanol–water partition coefficient (Wildman–Crippen LogP) is 3.34. The summed E-state index contributed by atoms with van der Waals surface area (Å²) in [4.78, 5) is 0.279. The fraction of sp³-hybridized carbons (Fsp3) is 0.579. The van der Waals surface area contributed by atoms with Crippen LogP contribution in [0, 0.1) is 0 Å². The minimum Gasteiger partial charge on any atom is -0.496 e. The number of piperidine rings is 1. The first kappa shape index (κ1) is 19.8. The normalized spacial score (nSPS) is 21.1. The van der Waals surface area contributed by atoms with Gasteiger partial charge < -0.3 is 9.30 Å². The molecule has 28 heavy (non-hydrogen) atoms. The standard InChI is InChI=1S/C19H25BrN4O3S/c1-27-17-9-8-15(12-16(17)20)28(25,26)23-10-5-6-14(13-23)19-22-21-18-7-3-2-4-11-24(18)19/h8-9,12,14H,2-7,10-11,13H2,1H3. The van der Waals surface area contributed by atoms with E-state index in [1.165, 1.54) is 6.42 Å². The first-order chi connectivity index (χ1) is 13.5. The highest BCUT2D eigenvalue weighted by molar-refractivity contribution is 9.10. The van der Waals surface area contributed by atoms with Gasteiger partial charge in [0, 0.05) is 32.0 Å². The van der Waals surface area contributed by atoms with Crippen molar-refractivity contribution in [2.75, 3.05) is 20.2 Å². The van der Waals surface area contributed by atoms with Crippen LogP contribution in [-0.2, 0) is 23.0 Å². The number of aryl methyl sites for hydroxylation is 1. The van der Waals surface area contributed by atoms with Crippen LogP contribution in [0.2, 0.25) is 0 Å². The molecule has 1 aromatic heterocycles. The van der Waals surface area contributed by atoms with Crippen LogP contribution in [0.25, 0.3) is 0 Å². The molecule has 3 heterocycles. The second kappa shape index (κ2) is 8.12. The summed E-state index contributed by atoms with van der Waals surface area (Å²) >= 11 is 3.39. The van der Waals surface area contributed by atoms with E-state index in [4.69, 9.17) is 4.74 Å². The maximum atomic E-state index is 13.2. The highest BCUT2D eigenvalue weighted by atomic mass is 79.9. The number of fused-ring (bicyclic) bond motifs is 1.